The van der Waals surface area contributed by atoms with Gasteiger partial charge in [0.15, 0.2) is 5.96 Å². The van der Waals surface area contributed by atoms with E-state index in [1.54, 1.807) is 24.1 Å². The van der Waals surface area contributed by atoms with E-state index in [2.05, 4.69) is 15.6 Å². The molecule has 0 aliphatic heterocycles. The van der Waals surface area contributed by atoms with Crippen LogP contribution >= 0.6 is 0 Å². The average Bonchev–Trinajstić information content (AvgIpc) is 2.94. The van der Waals surface area contributed by atoms with Crippen LogP contribution in [-0.2, 0) is 4.79 Å². The molecule has 1 heterocycles. The fourth-order valence-corrected chi connectivity index (χ4v) is 1.96. The molecule has 0 aromatic carbocycles. The third kappa shape index (κ3) is 7.19. The molecule has 130 valence electrons. The van der Waals surface area contributed by atoms with Crippen molar-refractivity contribution in [1.29, 1.82) is 0 Å². The van der Waals surface area contributed by atoms with Crippen molar-refractivity contribution in [2.75, 3.05) is 26.7 Å². The number of likely N-dealkylation sites (N-methyl/N-ethyl adjacent to an activating group) is 1. The highest BCUT2D eigenvalue weighted by Crippen LogP contribution is 2.13. The zero-order valence-electron chi connectivity index (χ0n) is 14.6. The van der Waals surface area contributed by atoms with Gasteiger partial charge in [-0.1, -0.05) is 0 Å². The van der Waals surface area contributed by atoms with Crippen molar-refractivity contribution in [3.8, 4) is 0 Å². The molecule has 0 radical (unpaired) electrons. The van der Waals surface area contributed by atoms with E-state index in [1.807, 2.05) is 27.7 Å². The second-order valence-corrected chi connectivity index (χ2v) is 6.38. The van der Waals surface area contributed by atoms with E-state index in [9.17, 15) is 9.90 Å². The van der Waals surface area contributed by atoms with Gasteiger partial charge in [-0.05, 0) is 39.8 Å². The monoisotopic (exact) mass is 324 g/mol. The normalized spacial score (nSPS) is 13.6. The minimum atomic E-state index is -0.810. The Kier molecular flexibility index (Phi) is 7.09. The quantitative estimate of drug-likeness (QED) is 0.539. The van der Waals surface area contributed by atoms with Gasteiger partial charge in [0.1, 0.15) is 11.9 Å². The van der Waals surface area contributed by atoms with Crippen LogP contribution in [0, 0.1) is 0 Å². The first-order valence-electron chi connectivity index (χ1n) is 7.75. The summed E-state index contributed by atoms with van der Waals surface area (Å²) in [6.45, 7) is 8.75. The van der Waals surface area contributed by atoms with Crippen molar-refractivity contribution in [1.82, 2.24) is 15.5 Å². The van der Waals surface area contributed by atoms with E-state index in [0.717, 1.165) is 0 Å². The van der Waals surface area contributed by atoms with Gasteiger partial charge in [-0.2, -0.15) is 0 Å². The molecule has 0 saturated carbocycles. The average molecular weight is 324 g/mol. The molecule has 1 aromatic rings. The predicted molar refractivity (Wildman–Crippen MR) is 90.2 cm³/mol. The van der Waals surface area contributed by atoms with Crippen LogP contribution < -0.4 is 10.6 Å². The number of amides is 1. The van der Waals surface area contributed by atoms with Crippen LogP contribution in [0.2, 0.25) is 0 Å². The first-order chi connectivity index (χ1) is 10.7. The van der Waals surface area contributed by atoms with Crippen molar-refractivity contribution in [3.63, 3.8) is 0 Å². The van der Waals surface area contributed by atoms with E-state index in [-0.39, 0.29) is 24.5 Å². The number of nitrogens with zero attached hydrogens (tertiary/aromatic N) is 2. The van der Waals surface area contributed by atoms with Crippen molar-refractivity contribution < 1.29 is 14.3 Å². The van der Waals surface area contributed by atoms with Crippen LogP contribution in [0.25, 0.3) is 0 Å². The fraction of sp³-hybridized carbons (Fsp3) is 0.625. The van der Waals surface area contributed by atoms with E-state index in [4.69, 9.17) is 4.42 Å². The summed E-state index contributed by atoms with van der Waals surface area (Å²) in [5.74, 6) is 0.942. The van der Waals surface area contributed by atoms with Gasteiger partial charge in [0, 0.05) is 19.1 Å². The largest absolute Gasteiger partial charge is 0.467 e. The summed E-state index contributed by atoms with van der Waals surface area (Å²) in [4.78, 5) is 18.1. The smallest absolute Gasteiger partial charge is 0.240 e. The first kappa shape index (κ1) is 19.0. The van der Waals surface area contributed by atoms with Crippen LogP contribution in [0.5, 0.6) is 0 Å². The molecular formula is C16H28N4O3. The van der Waals surface area contributed by atoms with Gasteiger partial charge in [-0.25, -0.2) is 4.99 Å². The highest BCUT2D eigenvalue weighted by atomic mass is 16.4. The minimum absolute atomic E-state index is 0.0859. The zero-order valence-corrected chi connectivity index (χ0v) is 14.6. The second kappa shape index (κ2) is 8.57. The number of furan rings is 1. The molecule has 1 amide bonds. The van der Waals surface area contributed by atoms with E-state index < -0.39 is 6.10 Å². The zero-order chi connectivity index (χ0) is 17.5. The van der Waals surface area contributed by atoms with Crippen LogP contribution in [0.15, 0.2) is 27.8 Å². The molecule has 0 bridgehead atoms. The van der Waals surface area contributed by atoms with Gasteiger partial charge in [0.25, 0.3) is 0 Å². The molecule has 1 rings (SSSR count). The van der Waals surface area contributed by atoms with E-state index in [0.29, 0.717) is 18.3 Å². The molecule has 0 aliphatic carbocycles. The highest BCUT2D eigenvalue weighted by molar-refractivity contribution is 5.86. The summed E-state index contributed by atoms with van der Waals surface area (Å²) >= 11 is 0. The highest BCUT2D eigenvalue weighted by Gasteiger charge is 2.17. The Morgan fingerprint density at radius 1 is 1.48 bits per heavy atom. The number of aliphatic hydroxyl groups is 1. The molecule has 1 aromatic heterocycles. The van der Waals surface area contributed by atoms with Gasteiger partial charge in [-0.15, -0.1) is 0 Å². The van der Waals surface area contributed by atoms with Crippen molar-refractivity contribution in [2.45, 2.75) is 39.3 Å². The number of carbonyl (C=O) groups excluding carboxylic acids is 1. The van der Waals surface area contributed by atoms with Crippen molar-refractivity contribution in [2.24, 2.45) is 4.99 Å². The lowest BCUT2D eigenvalue weighted by atomic mass is 10.1. The number of aliphatic hydroxyl groups excluding tert-OH is 1. The molecule has 1 atom stereocenters. The van der Waals surface area contributed by atoms with Gasteiger partial charge >= 0.3 is 0 Å². The lowest BCUT2D eigenvalue weighted by Gasteiger charge is -2.25. The molecule has 0 aliphatic rings. The molecule has 3 N–H and O–H groups in total. The predicted octanol–water partition coefficient (Wildman–Crippen LogP) is 1.12. The maximum absolute atomic E-state index is 12.0. The Balaban J connectivity index is 2.64. The van der Waals surface area contributed by atoms with Gasteiger partial charge in [-0.3, -0.25) is 4.79 Å². The summed E-state index contributed by atoms with van der Waals surface area (Å²) in [6, 6.07) is 3.42. The molecular weight excluding hydrogens is 296 g/mol. The summed E-state index contributed by atoms with van der Waals surface area (Å²) in [6.07, 6.45) is 0.701. The molecule has 0 fully saturated rings. The maximum atomic E-state index is 12.0. The number of aliphatic imine (C=N–C) groups is 1. The first-order valence-corrected chi connectivity index (χ1v) is 7.75. The van der Waals surface area contributed by atoms with E-state index in [1.165, 1.54) is 6.26 Å². The fourth-order valence-electron chi connectivity index (χ4n) is 1.96. The number of guanidine groups is 1. The van der Waals surface area contributed by atoms with Gasteiger partial charge in [0.05, 0.1) is 19.4 Å². The maximum Gasteiger partial charge on any atom is 0.240 e. The van der Waals surface area contributed by atoms with Gasteiger partial charge < -0.3 is 25.1 Å². The lowest BCUT2D eigenvalue weighted by Crippen LogP contribution is -2.48. The summed E-state index contributed by atoms with van der Waals surface area (Å²) in [5, 5.41) is 16.0. The number of carbonyl (C=O) groups is 1. The second-order valence-electron chi connectivity index (χ2n) is 6.38. The molecule has 7 heteroatoms. The number of hydrogen-bond acceptors (Lipinski definition) is 4. The Morgan fingerprint density at radius 3 is 2.70 bits per heavy atom. The van der Waals surface area contributed by atoms with Crippen LogP contribution in [0.4, 0.5) is 0 Å². The third-order valence-electron chi connectivity index (χ3n) is 2.88. The van der Waals surface area contributed by atoms with Gasteiger partial charge in [0.2, 0.25) is 5.91 Å². The van der Waals surface area contributed by atoms with Crippen LogP contribution in [0.1, 0.15) is 39.6 Å². The Morgan fingerprint density at radius 2 is 2.17 bits per heavy atom. The third-order valence-corrected chi connectivity index (χ3v) is 2.88. The number of rotatable bonds is 6. The lowest BCUT2D eigenvalue weighted by molar-refractivity contribution is -0.122. The topological polar surface area (TPSA) is 90.1 Å². The van der Waals surface area contributed by atoms with Crippen molar-refractivity contribution >= 4 is 11.9 Å². The molecule has 0 saturated heterocycles. The molecule has 23 heavy (non-hydrogen) atoms. The summed E-state index contributed by atoms with van der Waals surface area (Å²) in [5.41, 5.74) is -0.275. The summed E-state index contributed by atoms with van der Waals surface area (Å²) in [7, 11) is 1.78. The molecule has 1 unspecified atom stereocenters. The van der Waals surface area contributed by atoms with Crippen LogP contribution in [0.3, 0.4) is 0 Å². The minimum Gasteiger partial charge on any atom is -0.467 e. The Bertz CT molecular complexity index is 506. The van der Waals surface area contributed by atoms with E-state index >= 15 is 0 Å². The SMILES string of the molecule is CCNC(=NCC(O)c1ccco1)N(C)CC(=O)NC(C)(C)C. The Labute approximate surface area is 137 Å². The Hall–Kier alpha value is -2.02. The summed E-state index contributed by atoms with van der Waals surface area (Å²) < 4.78 is 5.15. The number of hydrogen-bond donors (Lipinski definition) is 3. The molecule has 7 nitrogen and oxygen atoms in total. The molecule has 0 spiro atoms. The van der Waals surface area contributed by atoms with Crippen LogP contribution in [-0.4, -0.2) is 54.1 Å². The number of nitrogens with one attached hydrogen (secondary N) is 2. The van der Waals surface area contributed by atoms with Crippen molar-refractivity contribution in [3.05, 3.63) is 24.2 Å². The standard InChI is InChI=1S/C16H28N4O3/c1-6-17-15(18-10-12(21)13-8-7-9-23-13)20(5)11-14(22)19-16(2,3)4/h7-9,12,21H,6,10-11H2,1-5H3,(H,17,18)(H,19,22).